The Labute approximate surface area is 202 Å². The smallest absolute Gasteiger partial charge is 0.269 e. The summed E-state index contributed by atoms with van der Waals surface area (Å²) in [6, 6.07) is 6.57. The molecule has 2 saturated heterocycles. The summed E-state index contributed by atoms with van der Waals surface area (Å²) in [5.74, 6) is 0.758. The third kappa shape index (κ3) is 8.19. The van der Waals surface area contributed by atoms with Gasteiger partial charge in [-0.3, -0.25) is 15.0 Å². The lowest BCUT2D eigenvalue weighted by molar-refractivity contribution is -0.384. The van der Waals surface area contributed by atoms with Crippen molar-refractivity contribution in [3.05, 3.63) is 39.9 Å². The summed E-state index contributed by atoms with van der Waals surface area (Å²) >= 11 is 0. The molecule has 2 aliphatic rings. The van der Waals surface area contributed by atoms with Gasteiger partial charge in [-0.25, -0.2) is 4.99 Å². The Kier molecular flexibility index (Phi) is 10.4. The van der Waals surface area contributed by atoms with Crippen LogP contribution in [0.2, 0.25) is 0 Å². The fourth-order valence-corrected chi connectivity index (χ4v) is 3.99. The van der Waals surface area contributed by atoms with Crippen LogP contribution in [-0.4, -0.2) is 60.2 Å². The number of nitro benzene ring substituents is 1. The lowest BCUT2D eigenvalue weighted by Crippen LogP contribution is -2.55. The van der Waals surface area contributed by atoms with Gasteiger partial charge in [0.2, 0.25) is 0 Å². The standard InChI is InChI=1S/C22H35N5O3.HI/c1-22(2,26-12-4-3-5-13-26)17-25-21(24-16-20-7-6-14-30-20)23-15-18-8-10-19(11-9-18)27(28)29;/h8-11,20H,3-7,12-17H2,1-2H3,(H2,23,24,25);1H. The van der Waals surface area contributed by atoms with Crippen molar-refractivity contribution in [2.45, 2.75) is 64.1 Å². The average Bonchev–Trinajstić information content (AvgIpc) is 3.28. The maximum absolute atomic E-state index is 10.8. The van der Waals surface area contributed by atoms with Gasteiger partial charge >= 0.3 is 0 Å². The molecule has 1 aromatic carbocycles. The van der Waals surface area contributed by atoms with Crippen molar-refractivity contribution in [2.75, 3.05) is 32.8 Å². The van der Waals surface area contributed by atoms with Crippen molar-refractivity contribution in [3.8, 4) is 0 Å². The van der Waals surface area contributed by atoms with Crippen molar-refractivity contribution in [2.24, 2.45) is 4.99 Å². The number of piperidine rings is 1. The molecule has 31 heavy (non-hydrogen) atoms. The molecule has 2 heterocycles. The number of halogens is 1. The van der Waals surface area contributed by atoms with Crippen molar-refractivity contribution >= 4 is 35.6 Å². The highest BCUT2D eigenvalue weighted by Gasteiger charge is 2.28. The third-order valence-electron chi connectivity index (χ3n) is 5.99. The van der Waals surface area contributed by atoms with E-state index in [2.05, 4.69) is 29.4 Å². The first-order chi connectivity index (χ1) is 14.4. The summed E-state index contributed by atoms with van der Waals surface area (Å²) in [6.45, 7) is 9.67. The van der Waals surface area contributed by atoms with Crippen LogP contribution in [0.15, 0.2) is 29.3 Å². The molecule has 0 aromatic heterocycles. The van der Waals surface area contributed by atoms with Gasteiger partial charge < -0.3 is 15.4 Å². The van der Waals surface area contributed by atoms with E-state index in [1.54, 1.807) is 12.1 Å². The zero-order valence-electron chi connectivity index (χ0n) is 18.6. The highest BCUT2D eigenvalue weighted by molar-refractivity contribution is 14.0. The van der Waals surface area contributed by atoms with Gasteiger partial charge in [-0.15, -0.1) is 24.0 Å². The van der Waals surface area contributed by atoms with E-state index in [0.717, 1.165) is 57.2 Å². The molecule has 0 saturated carbocycles. The van der Waals surface area contributed by atoms with Crippen LogP contribution in [0.5, 0.6) is 0 Å². The summed E-state index contributed by atoms with van der Waals surface area (Å²) in [5, 5.41) is 17.8. The maximum atomic E-state index is 10.8. The number of hydrogen-bond donors (Lipinski definition) is 2. The number of hydrogen-bond acceptors (Lipinski definition) is 5. The van der Waals surface area contributed by atoms with Crippen LogP contribution in [0.25, 0.3) is 0 Å². The fourth-order valence-electron chi connectivity index (χ4n) is 3.99. The first kappa shape index (κ1) is 25.8. The summed E-state index contributed by atoms with van der Waals surface area (Å²) in [7, 11) is 0. The minimum atomic E-state index is -0.383. The number of nitro groups is 1. The number of guanidine groups is 1. The van der Waals surface area contributed by atoms with Crippen LogP contribution in [0.3, 0.4) is 0 Å². The Morgan fingerprint density at radius 1 is 1.19 bits per heavy atom. The predicted molar refractivity (Wildman–Crippen MR) is 134 cm³/mol. The van der Waals surface area contributed by atoms with Gasteiger partial charge in [0, 0.05) is 37.4 Å². The van der Waals surface area contributed by atoms with Gasteiger partial charge in [-0.2, -0.15) is 0 Å². The highest BCUT2D eigenvalue weighted by atomic mass is 127. The molecular weight excluding hydrogens is 509 g/mol. The Morgan fingerprint density at radius 3 is 2.52 bits per heavy atom. The van der Waals surface area contributed by atoms with Gasteiger partial charge in [0.25, 0.3) is 5.69 Å². The van der Waals surface area contributed by atoms with Gasteiger partial charge in [-0.1, -0.05) is 18.6 Å². The van der Waals surface area contributed by atoms with E-state index >= 15 is 0 Å². The zero-order chi connectivity index (χ0) is 21.4. The average molecular weight is 545 g/mol. The lowest BCUT2D eigenvalue weighted by atomic mass is 9.98. The minimum absolute atomic E-state index is 0. The number of benzene rings is 1. The SMILES string of the molecule is CC(C)(CNC(=NCc1ccc([N+](=O)[O-])cc1)NCC1CCCO1)N1CCCCC1.I. The normalized spacial score (nSPS) is 20.2. The van der Waals surface area contributed by atoms with E-state index in [4.69, 9.17) is 9.73 Å². The largest absolute Gasteiger partial charge is 0.376 e. The Hall–Kier alpha value is -1.46. The quantitative estimate of drug-likeness (QED) is 0.170. The monoisotopic (exact) mass is 545 g/mol. The predicted octanol–water partition coefficient (Wildman–Crippen LogP) is 3.69. The van der Waals surface area contributed by atoms with E-state index in [1.165, 1.54) is 31.4 Å². The minimum Gasteiger partial charge on any atom is -0.376 e. The van der Waals surface area contributed by atoms with Crippen LogP contribution in [0, 0.1) is 10.1 Å². The lowest BCUT2D eigenvalue weighted by Gasteiger charge is -2.41. The fraction of sp³-hybridized carbons (Fsp3) is 0.682. The second-order valence-electron chi connectivity index (χ2n) is 8.82. The summed E-state index contributed by atoms with van der Waals surface area (Å²) in [5.41, 5.74) is 1.08. The number of ether oxygens (including phenoxy) is 1. The number of nitrogens with zero attached hydrogens (tertiary/aromatic N) is 3. The molecule has 0 radical (unpaired) electrons. The molecule has 1 unspecified atom stereocenters. The van der Waals surface area contributed by atoms with Crippen molar-refractivity contribution in [3.63, 3.8) is 0 Å². The molecule has 2 fully saturated rings. The summed E-state index contributed by atoms with van der Waals surface area (Å²) < 4.78 is 5.72. The molecule has 0 spiro atoms. The molecule has 3 rings (SSSR count). The summed E-state index contributed by atoms with van der Waals surface area (Å²) in [4.78, 5) is 17.7. The number of likely N-dealkylation sites (tertiary alicyclic amines) is 1. The van der Waals surface area contributed by atoms with Crippen LogP contribution < -0.4 is 10.6 Å². The number of nitrogens with one attached hydrogen (secondary N) is 2. The highest BCUT2D eigenvalue weighted by Crippen LogP contribution is 2.20. The van der Waals surface area contributed by atoms with Crippen LogP contribution in [0.1, 0.15) is 51.5 Å². The van der Waals surface area contributed by atoms with Gasteiger partial charge in [-0.05, 0) is 58.2 Å². The molecule has 2 aliphatic heterocycles. The first-order valence-corrected chi connectivity index (χ1v) is 11.1. The van der Waals surface area contributed by atoms with E-state index in [-0.39, 0.29) is 46.2 Å². The Balaban J connectivity index is 0.00000341. The van der Waals surface area contributed by atoms with Gasteiger partial charge in [0.05, 0.1) is 17.6 Å². The first-order valence-electron chi connectivity index (χ1n) is 11.1. The molecule has 0 aliphatic carbocycles. The third-order valence-corrected chi connectivity index (χ3v) is 5.99. The molecular formula is C22H36IN5O3. The van der Waals surface area contributed by atoms with E-state index in [9.17, 15) is 10.1 Å². The van der Waals surface area contributed by atoms with E-state index < -0.39 is 0 Å². The number of rotatable bonds is 8. The topological polar surface area (TPSA) is 92.0 Å². The molecule has 1 atom stereocenters. The van der Waals surface area contributed by atoms with Crippen LogP contribution >= 0.6 is 24.0 Å². The van der Waals surface area contributed by atoms with Crippen molar-refractivity contribution < 1.29 is 9.66 Å². The molecule has 9 heteroatoms. The number of aliphatic imine (C=N–C) groups is 1. The number of non-ortho nitro benzene ring substituents is 1. The molecule has 0 bridgehead atoms. The van der Waals surface area contributed by atoms with Crippen LogP contribution in [0.4, 0.5) is 5.69 Å². The molecule has 2 N–H and O–H groups in total. The van der Waals surface area contributed by atoms with Crippen molar-refractivity contribution in [1.29, 1.82) is 0 Å². The second-order valence-corrected chi connectivity index (χ2v) is 8.82. The second kappa shape index (κ2) is 12.5. The van der Waals surface area contributed by atoms with E-state index in [1.807, 2.05) is 0 Å². The molecule has 1 aromatic rings. The molecule has 174 valence electrons. The molecule has 8 nitrogen and oxygen atoms in total. The maximum Gasteiger partial charge on any atom is 0.269 e. The van der Waals surface area contributed by atoms with Crippen molar-refractivity contribution in [1.82, 2.24) is 15.5 Å². The summed E-state index contributed by atoms with van der Waals surface area (Å²) in [6.07, 6.45) is 6.26. The zero-order valence-corrected chi connectivity index (χ0v) is 21.0. The van der Waals surface area contributed by atoms with E-state index in [0.29, 0.717) is 6.54 Å². The Morgan fingerprint density at radius 2 is 1.90 bits per heavy atom. The molecule has 0 amide bonds. The van der Waals surface area contributed by atoms with Gasteiger partial charge in [0.15, 0.2) is 5.96 Å². The van der Waals surface area contributed by atoms with Crippen LogP contribution in [-0.2, 0) is 11.3 Å². The van der Waals surface area contributed by atoms with Gasteiger partial charge in [0.1, 0.15) is 0 Å². The Bertz CT molecular complexity index is 714.